The Morgan fingerprint density at radius 3 is 2.70 bits per heavy atom. The van der Waals surface area contributed by atoms with Crippen LogP contribution < -0.4 is 0 Å². The van der Waals surface area contributed by atoms with Crippen molar-refractivity contribution in [3.05, 3.63) is 18.4 Å². The molecule has 0 N–H and O–H groups in total. The molecule has 1 aromatic rings. The number of carbonyl (C=O) groups is 2. The third-order valence-corrected chi connectivity index (χ3v) is 5.62. The first-order chi connectivity index (χ1) is 13.1. The monoisotopic (exact) mass is 376 g/mol. The van der Waals surface area contributed by atoms with Crippen LogP contribution >= 0.6 is 0 Å². The zero-order valence-electron chi connectivity index (χ0n) is 16.6. The lowest BCUT2D eigenvalue weighted by atomic mass is 10.0. The minimum Gasteiger partial charge on any atom is -0.451 e. The SMILES string of the molecule is CC(C)C(=O)N(CCCN1CCCC1)C1CCCN(C(=O)c2cocn2)C1. The van der Waals surface area contributed by atoms with Gasteiger partial charge in [-0.3, -0.25) is 9.59 Å². The number of hydrogen-bond acceptors (Lipinski definition) is 5. The molecule has 3 rings (SSSR count). The molecular formula is C20H32N4O3. The molecule has 7 nitrogen and oxygen atoms in total. The van der Waals surface area contributed by atoms with E-state index in [-0.39, 0.29) is 23.8 Å². The molecule has 1 unspecified atom stereocenters. The quantitative estimate of drug-likeness (QED) is 0.730. The third kappa shape index (κ3) is 5.09. The average molecular weight is 377 g/mol. The Morgan fingerprint density at radius 1 is 1.26 bits per heavy atom. The van der Waals surface area contributed by atoms with Crippen LogP contribution in [0, 0.1) is 5.92 Å². The lowest BCUT2D eigenvalue weighted by Gasteiger charge is -2.40. The fraction of sp³-hybridized carbons (Fsp3) is 0.750. The maximum Gasteiger partial charge on any atom is 0.275 e. The lowest BCUT2D eigenvalue weighted by Crippen LogP contribution is -2.53. The largest absolute Gasteiger partial charge is 0.451 e. The van der Waals surface area contributed by atoms with Crippen LogP contribution in [0.15, 0.2) is 17.1 Å². The standard InChI is InChI=1S/C20H32N4O3/c1-16(2)19(25)24(12-6-10-22-8-3-4-9-22)17-7-5-11-23(13-17)20(26)18-14-27-15-21-18/h14-17H,3-13H2,1-2H3. The van der Waals surface area contributed by atoms with E-state index >= 15 is 0 Å². The van der Waals surface area contributed by atoms with E-state index in [1.54, 1.807) is 0 Å². The molecule has 0 saturated carbocycles. The molecule has 2 aliphatic heterocycles. The summed E-state index contributed by atoms with van der Waals surface area (Å²) in [5.74, 6) is 0.0537. The predicted octanol–water partition coefficient (Wildman–Crippen LogP) is 2.25. The summed E-state index contributed by atoms with van der Waals surface area (Å²) < 4.78 is 4.94. The number of amides is 2. The second-order valence-corrected chi connectivity index (χ2v) is 8.01. The smallest absolute Gasteiger partial charge is 0.275 e. The van der Waals surface area contributed by atoms with Crippen molar-refractivity contribution in [2.75, 3.05) is 39.3 Å². The van der Waals surface area contributed by atoms with Crippen LogP contribution in [-0.4, -0.2) is 76.8 Å². The van der Waals surface area contributed by atoms with Crippen molar-refractivity contribution >= 4 is 11.8 Å². The summed E-state index contributed by atoms with van der Waals surface area (Å²) in [6, 6.07) is 0.0862. The maximum atomic E-state index is 12.9. The van der Waals surface area contributed by atoms with Gasteiger partial charge in [-0.05, 0) is 51.7 Å². The van der Waals surface area contributed by atoms with Gasteiger partial charge in [0.1, 0.15) is 6.26 Å². The summed E-state index contributed by atoms with van der Waals surface area (Å²) in [5, 5.41) is 0. The second-order valence-electron chi connectivity index (χ2n) is 8.01. The fourth-order valence-corrected chi connectivity index (χ4v) is 4.15. The highest BCUT2D eigenvalue weighted by Gasteiger charge is 2.32. The Kier molecular flexibility index (Phi) is 6.88. The summed E-state index contributed by atoms with van der Waals surface area (Å²) in [6.45, 7) is 9.38. The molecule has 7 heteroatoms. The van der Waals surface area contributed by atoms with Crippen LogP contribution in [0.1, 0.15) is 56.4 Å². The van der Waals surface area contributed by atoms with Crippen LogP contribution in [0.5, 0.6) is 0 Å². The van der Waals surface area contributed by atoms with Gasteiger partial charge in [0.15, 0.2) is 12.1 Å². The van der Waals surface area contributed by atoms with Gasteiger partial charge in [-0.15, -0.1) is 0 Å². The van der Waals surface area contributed by atoms with Gasteiger partial charge in [0.05, 0.1) is 0 Å². The van der Waals surface area contributed by atoms with E-state index in [1.165, 1.54) is 38.6 Å². The molecule has 0 aromatic carbocycles. The third-order valence-electron chi connectivity index (χ3n) is 5.62. The van der Waals surface area contributed by atoms with Crippen molar-refractivity contribution in [2.24, 2.45) is 5.92 Å². The highest BCUT2D eigenvalue weighted by molar-refractivity contribution is 5.92. The first-order valence-electron chi connectivity index (χ1n) is 10.3. The number of aromatic nitrogens is 1. The van der Waals surface area contributed by atoms with Crippen LogP contribution in [0.25, 0.3) is 0 Å². The number of rotatable bonds is 7. The van der Waals surface area contributed by atoms with E-state index in [0.717, 1.165) is 32.4 Å². The molecule has 3 heterocycles. The molecule has 2 saturated heterocycles. The summed E-state index contributed by atoms with van der Waals surface area (Å²) >= 11 is 0. The van der Waals surface area contributed by atoms with Gasteiger partial charge < -0.3 is 19.1 Å². The highest BCUT2D eigenvalue weighted by Crippen LogP contribution is 2.20. The van der Waals surface area contributed by atoms with Gasteiger partial charge in [-0.2, -0.15) is 0 Å². The first-order valence-corrected chi connectivity index (χ1v) is 10.3. The van der Waals surface area contributed by atoms with Gasteiger partial charge in [-0.25, -0.2) is 4.98 Å². The lowest BCUT2D eigenvalue weighted by molar-refractivity contribution is -0.138. The molecule has 2 aliphatic rings. The van der Waals surface area contributed by atoms with Crippen molar-refractivity contribution in [1.82, 2.24) is 19.7 Å². The Bertz CT molecular complexity index is 611. The zero-order valence-corrected chi connectivity index (χ0v) is 16.6. The van der Waals surface area contributed by atoms with Crippen molar-refractivity contribution in [2.45, 2.75) is 52.0 Å². The number of piperidine rings is 1. The van der Waals surface area contributed by atoms with Crippen molar-refractivity contribution < 1.29 is 14.0 Å². The Labute approximate surface area is 161 Å². The fourth-order valence-electron chi connectivity index (χ4n) is 4.15. The van der Waals surface area contributed by atoms with Gasteiger partial charge in [-0.1, -0.05) is 13.8 Å². The average Bonchev–Trinajstić information content (AvgIpc) is 3.38. The zero-order chi connectivity index (χ0) is 19.2. The van der Waals surface area contributed by atoms with E-state index in [4.69, 9.17) is 4.42 Å². The molecular weight excluding hydrogens is 344 g/mol. The number of likely N-dealkylation sites (tertiary alicyclic amines) is 2. The summed E-state index contributed by atoms with van der Waals surface area (Å²) in [5.41, 5.74) is 0.339. The van der Waals surface area contributed by atoms with E-state index in [9.17, 15) is 9.59 Å². The normalized spacial score (nSPS) is 21.0. The number of carbonyl (C=O) groups excluding carboxylic acids is 2. The van der Waals surface area contributed by atoms with Gasteiger partial charge >= 0.3 is 0 Å². The molecule has 0 aliphatic carbocycles. The van der Waals surface area contributed by atoms with E-state index < -0.39 is 0 Å². The Morgan fingerprint density at radius 2 is 2.04 bits per heavy atom. The van der Waals surface area contributed by atoms with Crippen LogP contribution in [0.4, 0.5) is 0 Å². The Balaban J connectivity index is 1.61. The van der Waals surface area contributed by atoms with E-state index in [1.807, 2.05) is 23.6 Å². The molecule has 2 fully saturated rings. The molecule has 2 amide bonds. The molecule has 1 aromatic heterocycles. The van der Waals surface area contributed by atoms with Crippen molar-refractivity contribution in [3.8, 4) is 0 Å². The van der Waals surface area contributed by atoms with Crippen LogP contribution in [-0.2, 0) is 4.79 Å². The minimum atomic E-state index is -0.109. The van der Waals surface area contributed by atoms with Gasteiger partial charge in [0.25, 0.3) is 5.91 Å². The minimum absolute atomic E-state index is 0.0293. The van der Waals surface area contributed by atoms with Crippen LogP contribution in [0.3, 0.4) is 0 Å². The van der Waals surface area contributed by atoms with Crippen molar-refractivity contribution in [1.29, 1.82) is 0 Å². The summed E-state index contributed by atoms with van der Waals surface area (Å²) in [4.78, 5) is 35.8. The predicted molar refractivity (Wildman–Crippen MR) is 102 cm³/mol. The topological polar surface area (TPSA) is 69.9 Å². The number of hydrogen-bond donors (Lipinski definition) is 0. The molecule has 150 valence electrons. The molecule has 27 heavy (non-hydrogen) atoms. The van der Waals surface area contributed by atoms with E-state index in [0.29, 0.717) is 18.8 Å². The van der Waals surface area contributed by atoms with Gasteiger partial charge in [0.2, 0.25) is 5.91 Å². The second kappa shape index (κ2) is 9.35. The highest BCUT2D eigenvalue weighted by atomic mass is 16.3. The number of oxazole rings is 1. The molecule has 0 radical (unpaired) electrons. The summed E-state index contributed by atoms with van der Waals surface area (Å²) in [6.07, 6.45) is 8.09. The van der Waals surface area contributed by atoms with Gasteiger partial charge in [0, 0.05) is 31.6 Å². The van der Waals surface area contributed by atoms with E-state index in [2.05, 4.69) is 9.88 Å². The van der Waals surface area contributed by atoms with Crippen molar-refractivity contribution in [3.63, 3.8) is 0 Å². The molecule has 1 atom stereocenters. The van der Waals surface area contributed by atoms with Crippen LogP contribution in [0.2, 0.25) is 0 Å². The molecule has 0 bridgehead atoms. The first kappa shape index (κ1) is 19.9. The molecule has 0 spiro atoms. The summed E-state index contributed by atoms with van der Waals surface area (Å²) in [7, 11) is 0. The maximum absolute atomic E-state index is 12.9. The Hall–Kier alpha value is -1.89. The number of nitrogens with zero attached hydrogens (tertiary/aromatic N) is 4.